The normalized spacial score (nSPS) is 18.3. The molecule has 1 aliphatic heterocycles. The van der Waals surface area contributed by atoms with Gasteiger partial charge in [-0.3, -0.25) is 19.5 Å². The second-order valence-electron chi connectivity index (χ2n) is 8.52. The molecule has 0 spiro atoms. The number of nitrogens with one attached hydrogen (secondary N) is 2. The molecule has 34 heavy (non-hydrogen) atoms. The van der Waals surface area contributed by atoms with Crippen molar-refractivity contribution in [2.24, 2.45) is 11.8 Å². The fourth-order valence-electron chi connectivity index (χ4n) is 4.16. The zero-order valence-corrected chi connectivity index (χ0v) is 18.6. The fraction of sp³-hybridized carbons (Fsp3) is 0.269. The van der Waals surface area contributed by atoms with Gasteiger partial charge in [-0.1, -0.05) is 12.1 Å². The third kappa shape index (κ3) is 6.45. The largest absolute Gasteiger partial charge is 0.352 e. The summed E-state index contributed by atoms with van der Waals surface area (Å²) in [4.78, 5) is 32.2. The monoisotopic (exact) mass is 464 g/mol. The first-order valence-electron chi connectivity index (χ1n) is 11.2. The molecular formula is C26H26F2N4O2. The van der Waals surface area contributed by atoms with Gasteiger partial charge in [-0.15, -0.1) is 0 Å². The molecule has 0 aliphatic carbocycles. The van der Waals surface area contributed by atoms with E-state index in [1.807, 2.05) is 12.1 Å². The molecule has 8 heteroatoms. The molecule has 0 saturated carbocycles. The number of aromatic nitrogens is 1. The lowest BCUT2D eigenvalue weighted by atomic mass is 9.87. The summed E-state index contributed by atoms with van der Waals surface area (Å²) in [6.45, 7) is 1.88. The number of amides is 2. The van der Waals surface area contributed by atoms with Crippen LogP contribution in [0.1, 0.15) is 17.5 Å². The summed E-state index contributed by atoms with van der Waals surface area (Å²) < 4.78 is 26.3. The van der Waals surface area contributed by atoms with Crippen molar-refractivity contribution in [1.29, 1.82) is 0 Å². The predicted octanol–water partition coefficient (Wildman–Crippen LogP) is 3.75. The number of halogens is 2. The SMILES string of the molecule is O=C(NCc1ccc(F)cc1)[C@H]1C[C@@H](C(=O)Nc2ccc(F)cc2)CN(Cc2ccncc2)C1. The van der Waals surface area contributed by atoms with E-state index in [2.05, 4.69) is 20.5 Å². The van der Waals surface area contributed by atoms with Crippen LogP contribution >= 0.6 is 0 Å². The number of carbonyl (C=O) groups is 2. The highest BCUT2D eigenvalue weighted by Gasteiger charge is 2.35. The molecule has 0 radical (unpaired) electrons. The summed E-state index contributed by atoms with van der Waals surface area (Å²) in [6.07, 6.45) is 3.82. The maximum Gasteiger partial charge on any atom is 0.228 e. The summed E-state index contributed by atoms with van der Waals surface area (Å²) in [7, 11) is 0. The zero-order chi connectivity index (χ0) is 23.9. The number of hydrogen-bond acceptors (Lipinski definition) is 4. The molecule has 0 bridgehead atoms. The average Bonchev–Trinajstić information content (AvgIpc) is 2.85. The highest BCUT2D eigenvalue weighted by molar-refractivity contribution is 5.93. The van der Waals surface area contributed by atoms with Gasteiger partial charge in [-0.25, -0.2) is 8.78 Å². The number of pyridine rings is 1. The Morgan fingerprint density at radius 1 is 0.824 bits per heavy atom. The molecule has 2 aromatic carbocycles. The number of piperidine rings is 1. The topological polar surface area (TPSA) is 74.3 Å². The third-order valence-corrected chi connectivity index (χ3v) is 5.92. The van der Waals surface area contributed by atoms with Gasteiger partial charge in [0.05, 0.1) is 11.8 Å². The summed E-state index contributed by atoms with van der Waals surface area (Å²) in [5.74, 6) is -1.87. The van der Waals surface area contributed by atoms with E-state index in [1.54, 1.807) is 24.5 Å². The molecule has 1 aliphatic rings. The van der Waals surface area contributed by atoms with E-state index in [1.165, 1.54) is 36.4 Å². The summed E-state index contributed by atoms with van der Waals surface area (Å²) in [5, 5.41) is 5.75. The first-order chi connectivity index (χ1) is 16.5. The first-order valence-corrected chi connectivity index (χ1v) is 11.2. The van der Waals surface area contributed by atoms with Gasteiger partial charge in [0.15, 0.2) is 0 Å². The van der Waals surface area contributed by atoms with Crippen molar-refractivity contribution in [3.05, 3.63) is 95.8 Å². The first kappa shape index (κ1) is 23.5. The van der Waals surface area contributed by atoms with Gasteiger partial charge >= 0.3 is 0 Å². The molecule has 1 aromatic heterocycles. The fourth-order valence-corrected chi connectivity index (χ4v) is 4.16. The van der Waals surface area contributed by atoms with Crippen LogP contribution in [-0.4, -0.2) is 34.8 Å². The molecule has 2 atom stereocenters. The number of rotatable bonds is 7. The van der Waals surface area contributed by atoms with Crippen molar-refractivity contribution in [3.63, 3.8) is 0 Å². The Hall–Kier alpha value is -3.65. The molecule has 0 unspecified atom stereocenters. The van der Waals surface area contributed by atoms with Crippen LogP contribution in [0.25, 0.3) is 0 Å². The number of likely N-dealkylation sites (tertiary alicyclic amines) is 1. The number of hydrogen-bond donors (Lipinski definition) is 2. The minimum absolute atomic E-state index is 0.150. The van der Waals surface area contributed by atoms with E-state index in [9.17, 15) is 18.4 Å². The van der Waals surface area contributed by atoms with Crippen molar-refractivity contribution in [3.8, 4) is 0 Å². The molecule has 6 nitrogen and oxygen atoms in total. The van der Waals surface area contributed by atoms with Crippen LogP contribution in [0.3, 0.4) is 0 Å². The van der Waals surface area contributed by atoms with Crippen LogP contribution in [0.15, 0.2) is 73.1 Å². The Kier molecular flexibility index (Phi) is 7.59. The van der Waals surface area contributed by atoms with Gasteiger partial charge < -0.3 is 10.6 Å². The second-order valence-corrected chi connectivity index (χ2v) is 8.52. The minimum Gasteiger partial charge on any atom is -0.352 e. The standard InChI is InChI=1S/C26H26F2N4O2/c27-22-3-1-18(2-4-22)14-30-25(33)20-13-21(26(34)31-24-7-5-23(28)6-8-24)17-32(16-20)15-19-9-11-29-12-10-19/h1-12,20-21H,13-17H2,(H,30,33)(H,31,34)/t20-,21+/m0/s1. The van der Waals surface area contributed by atoms with Gasteiger partial charge in [0, 0.05) is 44.3 Å². The molecule has 3 aromatic rings. The van der Waals surface area contributed by atoms with E-state index in [0.29, 0.717) is 31.7 Å². The average molecular weight is 465 g/mol. The summed E-state index contributed by atoms with van der Waals surface area (Å²) in [5.41, 5.74) is 2.35. The number of carbonyl (C=O) groups excluding carboxylic acids is 2. The molecule has 2 heterocycles. The van der Waals surface area contributed by atoms with Crippen molar-refractivity contribution in [1.82, 2.24) is 15.2 Å². The molecule has 2 N–H and O–H groups in total. The van der Waals surface area contributed by atoms with Crippen molar-refractivity contribution in [2.75, 3.05) is 18.4 Å². The number of anilines is 1. The second kappa shape index (κ2) is 11.0. The van der Waals surface area contributed by atoms with Crippen LogP contribution in [0.4, 0.5) is 14.5 Å². The predicted molar refractivity (Wildman–Crippen MR) is 124 cm³/mol. The van der Waals surface area contributed by atoms with E-state index < -0.39 is 5.92 Å². The molecule has 176 valence electrons. The van der Waals surface area contributed by atoms with Crippen molar-refractivity contribution in [2.45, 2.75) is 19.5 Å². The molecular weight excluding hydrogens is 438 g/mol. The highest BCUT2D eigenvalue weighted by Crippen LogP contribution is 2.25. The van der Waals surface area contributed by atoms with Gasteiger partial charge in [-0.2, -0.15) is 0 Å². The Bertz CT molecular complexity index is 1110. The maximum atomic E-state index is 13.2. The van der Waals surface area contributed by atoms with Gasteiger partial charge in [-0.05, 0) is 66.1 Å². The Labute approximate surface area is 197 Å². The van der Waals surface area contributed by atoms with E-state index >= 15 is 0 Å². The van der Waals surface area contributed by atoms with Crippen LogP contribution in [0.5, 0.6) is 0 Å². The van der Waals surface area contributed by atoms with Crippen LogP contribution < -0.4 is 10.6 Å². The molecule has 2 amide bonds. The van der Waals surface area contributed by atoms with Gasteiger partial charge in [0.2, 0.25) is 11.8 Å². The smallest absolute Gasteiger partial charge is 0.228 e. The molecule has 4 rings (SSSR count). The van der Waals surface area contributed by atoms with Crippen molar-refractivity contribution < 1.29 is 18.4 Å². The minimum atomic E-state index is -0.415. The van der Waals surface area contributed by atoms with Crippen LogP contribution in [0.2, 0.25) is 0 Å². The molecule has 1 fully saturated rings. The maximum absolute atomic E-state index is 13.2. The summed E-state index contributed by atoms with van der Waals surface area (Å²) in [6, 6.07) is 15.4. The Morgan fingerprint density at radius 3 is 2.06 bits per heavy atom. The van der Waals surface area contributed by atoms with E-state index in [0.717, 1.165) is 11.1 Å². The quantitative estimate of drug-likeness (QED) is 0.559. The Morgan fingerprint density at radius 2 is 1.41 bits per heavy atom. The number of benzene rings is 2. The lowest BCUT2D eigenvalue weighted by Gasteiger charge is -2.36. The lowest BCUT2D eigenvalue weighted by molar-refractivity contribution is -0.130. The van der Waals surface area contributed by atoms with Gasteiger partial charge in [0.25, 0.3) is 0 Å². The van der Waals surface area contributed by atoms with E-state index in [-0.39, 0.29) is 35.9 Å². The third-order valence-electron chi connectivity index (χ3n) is 5.92. The van der Waals surface area contributed by atoms with E-state index in [4.69, 9.17) is 0 Å². The zero-order valence-electron chi connectivity index (χ0n) is 18.6. The summed E-state index contributed by atoms with van der Waals surface area (Å²) >= 11 is 0. The highest BCUT2D eigenvalue weighted by atomic mass is 19.1. The number of nitrogens with zero attached hydrogens (tertiary/aromatic N) is 2. The van der Waals surface area contributed by atoms with Crippen LogP contribution in [-0.2, 0) is 22.7 Å². The molecule has 1 saturated heterocycles. The van der Waals surface area contributed by atoms with Crippen LogP contribution in [0, 0.1) is 23.5 Å². The Balaban J connectivity index is 1.44. The van der Waals surface area contributed by atoms with Gasteiger partial charge in [0.1, 0.15) is 11.6 Å². The lowest BCUT2D eigenvalue weighted by Crippen LogP contribution is -2.48. The van der Waals surface area contributed by atoms with Crippen molar-refractivity contribution >= 4 is 17.5 Å².